The first-order valence-corrected chi connectivity index (χ1v) is 8.23. The van der Waals surface area contributed by atoms with Crippen LogP contribution in [0.25, 0.3) is 0 Å². The van der Waals surface area contributed by atoms with Gasteiger partial charge in [0.2, 0.25) is 0 Å². The number of halogens is 1. The van der Waals surface area contributed by atoms with E-state index in [1.165, 1.54) is 6.07 Å². The SMILES string of the molecule is CNCc1cc(S(=O)(=O)Nc2ccccc2C)c(Br)o1. The van der Waals surface area contributed by atoms with Gasteiger partial charge in [-0.05, 0) is 41.5 Å². The zero-order valence-corrected chi connectivity index (χ0v) is 13.5. The number of sulfonamides is 1. The Morgan fingerprint density at radius 2 is 2.00 bits per heavy atom. The highest BCUT2D eigenvalue weighted by molar-refractivity contribution is 9.10. The van der Waals surface area contributed by atoms with Crippen LogP contribution in [-0.2, 0) is 16.6 Å². The summed E-state index contributed by atoms with van der Waals surface area (Å²) in [5, 5.41) is 2.90. The van der Waals surface area contributed by atoms with Crippen molar-refractivity contribution >= 4 is 31.6 Å². The molecule has 0 amide bonds. The molecule has 0 spiro atoms. The summed E-state index contributed by atoms with van der Waals surface area (Å²) >= 11 is 3.14. The molecule has 108 valence electrons. The highest BCUT2D eigenvalue weighted by Crippen LogP contribution is 2.28. The van der Waals surface area contributed by atoms with Crippen molar-refractivity contribution in [2.24, 2.45) is 0 Å². The van der Waals surface area contributed by atoms with Crippen molar-refractivity contribution in [2.75, 3.05) is 11.8 Å². The standard InChI is InChI=1S/C13H15BrN2O3S/c1-9-5-3-4-6-11(9)16-20(17,18)12-7-10(8-15-2)19-13(12)14/h3-7,15-16H,8H2,1-2H3. The lowest BCUT2D eigenvalue weighted by Crippen LogP contribution is -2.13. The number of rotatable bonds is 5. The van der Waals surface area contributed by atoms with Crippen LogP contribution in [0.5, 0.6) is 0 Å². The van der Waals surface area contributed by atoms with Crippen molar-refractivity contribution in [1.29, 1.82) is 0 Å². The Hall–Kier alpha value is -1.31. The molecular weight excluding hydrogens is 344 g/mol. The lowest BCUT2D eigenvalue weighted by Gasteiger charge is -2.08. The van der Waals surface area contributed by atoms with Gasteiger partial charge >= 0.3 is 0 Å². The summed E-state index contributed by atoms with van der Waals surface area (Å²) in [6.07, 6.45) is 0. The number of benzene rings is 1. The summed E-state index contributed by atoms with van der Waals surface area (Å²) in [7, 11) is -1.92. The van der Waals surface area contributed by atoms with Gasteiger partial charge in [-0.25, -0.2) is 8.42 Å². The molecule has 0 atom stereocenters. The molecule has 20 heavy (non-hydrogen) atoms. The maximum atomic E-state index is 12.4. The van der Waals surface area contributed by atoms with E-state index in [9.17, 15) is 8.42 Å². The molecule has 0 radical (unpaired) electrons. The minimum atomic E-state index is -3.68. The molecule has 7 heteroatoms. The number of hydrogen-bond donors (Lipinski definition) is 2. The maximum absolute atomic E-state index is 12.4. The number of nitrogens with one attached hydrogen (secondary N) is 2. The Morgan fingerprint density at radius 1 is 1.30 bits per heavy atom. The second kappa shape index (κ2) is 5.99. The molecule has 0 saturated heterocycles. The highest BCUT2D eigenvalue weighted by Gasteiger charge is 2.22. The molecular formula is C13H15BrN2O3S. The van der Waals surface area contributed by atoms with E-state index in [-0.39, 0.29) is 9.56 Å². The first kappa shape index (κ1) is 15.1. The zero-order valence-electron chi connectivity index (χ0n) is 11.1. The minimum Gasteiger partial charge on any atom is -0.451 e. The number of anilines is 1. The second-order valence-corrected chi connectivity index (χ2v) is 6.67. The Morgan fingerprint density at radius 3 is 2.65 bits per heavy atom. The summed E-state index contributed by atoms with van der Waals surface area (Å²) < 4.78 is 32.8. The van der Waals surface area contributed by atoms with Gasteiger partial charge in [0, 0.05) is 6.07 Å². The predicted octanol–water partition coefficient (Wildman–Crippen LogP) is 2.87. The molecule has 2 N–H and O–H groups in total. The van der Waals surface area contributed by atoms with Crippen LogP contribution in [0.3, 0.4) is 0 Å². The van der Waals surface area contributed by atoms with E-state index in [2.05, 4.69) is 26.0 Å². The van der Waals surface area contributed by atoms with Crippen LogP contribution in [-0.4, -0.2) is 15.5 Å². The second-order valence-electron chi connectivity index (χ2n) is 4.30. The van der Waals surface area contributed by atoms with Gasteiger partial charge in [0.15, 0.2) is 4.67 Å². The van der Waals surface area contributed by atoms with E-state index in [1.54, 1.807) is 19.2 Å². The van der Waals surface area contributed by atoms with E-state index in [0.29, 0.717) is 18.0 Å². The van der Waals surface area contributed by atoms with Gasteiger partial charge in [-0.3, -0.25) is 4.72 Å². The van der Waals surface area contributed by atoms with Crippen LogP contribution in [0, 0.1) is 6.92 Å². The van der Waals surface area contributed by atoms with Crippen molar-refractivity contribution in [1.82, 2.24) is 5.32 Å². The summed E-state index contributed by atoms with van der Waals surface area (Å²) in [5.41, 5.74) is 1.40. The first-order valence-electron chi connectivity index (χ1n) is 5.95. The Labute approximate surface area is 126 Å². The quantitative estimate of drug-likeness (QED) is 0.861. The molecule has 0 unspecified atom stereocenters. The Balaban J connectivity index is 2.33. The van der Waals surface area contributed by atoms with Gasteiger partial charge in [0.05, 0.1) is 12.2 Å². The summed E-state index contributed by atoms with van der Waals surface area (Å²) in [6.45, 7) is 2.30. The third-order valence-corrected chi connectivity index (χ3v) is 4.96. The monoisotopic (exact) mass is 358 g/mol. The van der Waals surface area contributed by atoms with Crippen molar-refractivity contribution < 1.29 is 12.8 Å². The molecule has 0 aliphatic carbocycles. The largest absolute Gasteiger partial charge is 0.451 e. The minimum absolute atomic E-state index is 0.0889. The van der Waals surface area contributed by atoms with E-state index < -0.39 is 10.0 Å². The molecule has 0 aliphatic heterocycles. The number of para-hydroxylation sites is 1. The maximum Gasteiger partial charge on any atom is 0.266 e. The molecule has 0 fully saturated rings. The fourth-order valence-electron chi connectivity index (χ4n) is 1.73. The van der Waals surface area contributed by atoms with Crippen molar-refractivity contribution in [3.05, 3.63) is 46.3 Å². The molecule has 1 aromatic carbocycles. The average molecular weight is 359 g/mol. The van der Waals surface area contributed by atoms with E-state index in [0.717, 1.165) is 5.56 Å². The van der Waals surface area contributed by atoms with Crippen molar-refractivity contribution in [2.45, 2.75) is 18.4 Å². The lowest BCUT2D eigenvalue weighted by atomic mass is 10.2. The van der Waals surface area contributed by atoms with Gasteiger partial charge < -0.3 is 9.73 Å². The smallest absolute Gasteiger partial charge is 0.266 e. The van der Waals surface area contributed by atoms with Gasteiger partial charge in [-0.15, -0.1) is 0 Å². The number of aryl methyl sites for hydroxylation is 1. The Kier molecular flexibility index (Phi) is 4.52. The molecule has 0 aliphatic rings. The molecule has 2 aromatic rings. The molecule has 1 aromatic heterocycles. The fraction of sp³-hybridized carbons (Fsp3) is 0.231. The molecule has 0 saturated carbocycles. The van der Waals surface area contributed by atoms with E-state index in [1.807, 2.05) is 19.1 Å². The normalized spacial score (nSPS) is 11.6. The molecule has 5 nitrogen and oxygen atoms in total. The zero-order chi connectivity index (χ0) is 14.8. The third kappa shape index (κ3) is 3.23. The van der Waals surface area contributed by atoms with E-state index in [4.69, 9.17) is 4.42 Å². The molecule has 0 bridgehead atoms. The fourth-order valence-corrected chi connectivity index (χ4v) is 3.86. The van der Waals surface area contributed by atoms with Gasteiger partial charge in [-0.1, -0.05) is 18.2 Å². The van der Waals surface area contributed by atoms with Crippen LogP contribution in [0.15, 0.2) is 44.3 Å². The Bertz CT molecular complexity index is 710. The topological polar surface area (TPSA) is 71.3 Å². The predicted molar refractivity (Wildman–Crippen MR) is 81.2 cm³/mol. The van der Waals surface area contributed by atoms with Crippen molar-refractivity contribution in [3.8, 4) is 0 Å². The average Bonchev–Trinajstić information content (AvgIpc) is 2.74. The van der Waals surface area contributed by atoms with Gasteiger partial charge in [0.1, 0.15) is 10.7 Å². The van der Waals surface area contributed by atoms with Crippen LogP contribution in [0.4, 0.5) is 5.69 Å². The van der Waals surface area contributed by atoms with Gasteiger partial charge in [0.25, 0.3) is 10.0 Å². The third-order valence-electron chi connectivity index (χ3n) is 2.74. The van der Waals surface area contributed by atoms with Crippen LogP contribution in [0.1, 0.15) is 11.3 Å². The molecule has 2 rings (SSSR count). The summed E-state index contributed by atoms with van der Waals surface area (Å²) in [6, 6.07) is 8.69. The summed E-state index contributed by atoms with van der Waals surface area (Å²) in [4.78, 5) is 0.0889. The number of furan rings is 1. The summed E-state index contributed by atoms with van der Waals surface area (Å²) in [5.74, 6) is 0.546. The van der Waals surface area contributed by atoms with Crippen molar-refractivity contribution in [3.63, 3.8) is 0 Å². The highest BCUT2D eigenvalue weighted by atomic mass is 79.9. The van der Waals surface area contributed by atoms with Crippen LogP contribution in [0.2, 0.25) is 0 Å². The van der Waals surface area contributed by atoms with Crippen LogP contribution >= 0.6 is 15.9 Å². The van der Waals surface area contributed by atoms with Crippen LogP contribution < -0.4 is 10.0 Å². The lowest BCUT2D eigenvalue weighted by molar-refractivity contribution is 0.470. The van der Waals surface area contributed by atoms with E-state index >= 15 is 0 Å². The number of hydrogen-bond acceptors (Lipinski definition) is 4. The van der Waals surface area contributed by atoms with Gasteiger partial charge in [-0.2, -0.15) is 0 Å². The molecule has 1 heterocycles. The first-order chi connectivity index (χ1) is 9.44.